The summed E-state index contributed by atoms with van der Waals surface area (Å²) in [6.45, 7) is -7.35. The number of benzene rings is 6. The fraction of sp³-hybridized carbons (Fsp3) is 0.0714. The van der Waals surface area contributed by atoms with Crippen LogP contribution in [-0.4, -0.2) is 19.5 Å². The monoisotopic (exact) mass is 636 g/mol. The van der Waals surface area contributed by atoms with Crippen LogP contribution in [0.25, 0.3) is 81.8 Å². The Hall–Kier alpha value is -5.65. The first kappa shape index (κ1) is 15.3. The molecular weight excluding hydrogens is 593 g/mol. The first-order valence-corrected chi connectivity index (χ1v) is 15.5. The molecule has 0 amide bonds. The van der Waals surface area contributed by atoms with Crippen LogP contribution in [0.4, 0.5) is 0 Å². The van der Waals surface area contributed by atoms with Crippen LogP contribution in [0.15, 0.2) is 133 Å². The number of rotatable bonds is 3. The van der Waals surface area contributed by atoms with Gasteiger partial charge in [0.2, 0.25) is 5.95 Å². The third-order valence-electron chi connectivity index (χ3n) is 8.59. The van der Waals surface area contributed by atoms with E-state index < -0.39 is 113 Å². The fourth-order valence-corrected chi connectivity index (χ4v) is 7.76. The number of hydrogen-bond acceptors (Lipinski definition) is 4. The Morgan fingerprint density at radius 3 is 2.34 bits per heavy atom. The van der Waals surface area contributed by atoms with Crippen LogP contribution in [0.3, 0.4) is 0 Å². The van der Waals surface area contributed by atoms with Crippen molar-refractivity contribution in [3.63, 3.8) is 0 Å². The minimum atomic E-state index is -3.67. The Bertz CT molecular complexity index is 3490. The second-order valence-corrected chi connectivity index (χ2v) is 12.3. The van der Waals surface area contributed by atoms with Crippen molar-refractivity contribution < 1.29 is 21.9 Å². The molecule has 3 heterocycles. The zero-order chi connectivity index (χ0) is 45.0. The summed E-state index contributed by atoms with van der Waals surface area (Å²) in [4.78, 5) is 14.7. The van der Waals surface area contributed by atoms with E-state index in [0.29, 0.717) is 11.1 Å². The number of aromatic nitrogens is 4. The average Bonchev–Trinajstić information content (AvgIpc) is 3.93. The summed E-state index contributed by atoms with van der Waals surface area (Å²) >= 11 is 1.48. The summed E-state index contributed by atoms with van der Waals surface area (Å²) in [6, 6.07) is 14.1. The van der Waals surface area contributed by atoms with E-state index in [9.17, 15) is 5.48 Å². The van der Waals surface area contributed by atoms with E-state index in [1.165, 1.54) is 11.3 Å². The highest BCUT2D eigenvalue weighted by Gasteiger charge is 2.38. The number of hydrogen-bond donors (Lipinski definition) is 0. The van der Waals surface area contributed by atoms with Crippen molar-refractivity contribution in [3.05, 3.63) is 144 Å². The van der Waals surface area contributed by atoms with Gasteiger partial charge >= 0.3 is 0 Å². The first-order chi connectivity index (χ1) is 29.7. The molecule has 9 aromatic rings. The molecule has 222 valence electrons. The molecular formula is C42H28N4S. The average molecular weight is 637 g/mol. The highest BCUT2D eigenvalue weighted by atomic mass is 32.1. The zero-order valence-corrected chi connectivity index (χ0v) is 24.9. The van der Waals surface area contributed by atoms with Gasteiger partial charge in [-0.2, -0.15) is 9.97 Å². The molecule has 0 spiro atoms. The number of para-hydroxylation sites is 1. The van der Waals surface area contributed by atoms with Gasteiger partial charge in [0.25, 0.3) is 0 Å². The Kier molecular flexibility index (Phi) is 3.15. The smallest absolute Gasteiger partial charge is 0.238 e. The summed E-state index contributed by atoms with van der Waals surface area (Å²) in [7, 11) is 0. The Balaban J connectivity index is 1.49. The molecule has 0 atom stereocenters. The second kappa shape index (κ2) is 9.68. The van der Waals surface area contributed by atoms with Crippen LogP contribution >= 0.6 is 11.3 Å². The first-order valence-electron chi connectivity index (χ1n) is 22.7. The van der Waals surface area contributed by atoms with Crippen molar-refractivity contribution >= 4 is 53.3 Å². The van der Waals surface area contributed by atoms with Gasteiger partial charge in [-0.3, -0.25) is 4.57 Å². The van der Waals surface area contributed by atoms with Gasteiger partial charge in [-0.25, -0.2) is 4.98 Å². The number of thiophene rings is 1. The second-order valence-electron chi connectivity index (χ2n) is 11.2. The number of nitrogens with zero attached hydrogens (tertiary/aromatic N) is 4. The van der Waals surface area contributed by atoms with E-state index in [1.54, 1.807) is 36.4 Å². The van der Waals surface area contributed by atoms with Gasteiger partial charge < -0.3 is 0 Å². The molecule has 47 heavy (non-hydrogen) atoms. The van der Waals surface area contributed by atoms with Crippen LogP contribution in [0.5, 0.6) is 0 Å². The van der Waals surface area contributed by atoms with E-state index in [4.69, 9.17) is 31.4 Å². The predicted molar refractivity (Wildman–Crippen MR) is 195 cm³/mol. The number of fused-ring (bicyclic) bond motifs is 10. The van der Waals surface area contributed by atoms with Gasteiger partial charge in [0.1, 0.15) is 0 Å². The molecule has 1 aliphatic rings. The molecule has 0 radical (unpaired) electrons. The Morgan fingerprint density at radius 2 is 1.43 bits per heavy atom. The van der Waals surface area contributed by atoms with Crippen molar-refractivity contribution in [1.29, 1.82) is 0 Å². The minimum absolute atomic E-state index is 0.0604. The maximum absolute atomic E-state index is 9.53. The van der Waals surface area contributed by atoms with Crippen LogP contribution in [0, 0.1) is 0 Å². The van der Waals surface area contributed by atoms with Crippen molar-refractivity contribution in [2.75, 3.05) is 0 Å². The quantitative estimate of drug-likeness (QED) is 0.194. The highest BCUT2D eigenvalue weighted by molar-refractivity contribution is 7.26. The van der Waals surface area contributed by atoms with Crippen LogP contribution in [0.2, 0.25) is 0 Å². The van der Waals surface area contributed by atoms with E-state index in [0.717, 1.165) is 24.7 Å². The minimum Gasteiger partial charge on any atom is -0.277 e. The van der Waals surface area contributed by atoms with E-state index in [-0.39, 0.29) is 28.5 Å². The molecule has 6 aromatic carbocycles. The largest absolute Gasteiger partial charge is 0.277 e. The van der Waals surface area contributed by atoms with Crippen molar-refractivity contribution in [3.8, 4) is 39.9 Å². The van der Waals surface area contributed by atoms with Crippen molar-refractivity contribution in [1.82, 2.24) is 19.5 Å². The Morgan fingerprint density at radius 1 is 0.638 bits per heavy atom. The van der Waals surface area contributed by atoms with Gasteiger partial charge in [0.15, 0.2) is 11.6 Å². The van der Waals surface area contributed by atoms with Crippen LogP contribution in [-0.2, 0) is 5.41 Å². The molecule has 1 aliphatic carbocycles. The van der Waals surface area contributed by atoms with Crippen LogP contribution in [0.1, 0.15) is 46.8 Å². The topological polar surface area (TPSA) is 43.6 Å². The maximum Gasteiger partial charge on any atom is 0.238 e. The maximum atomic E-state index is 9.53. The molecule has 0 saturated heterocycles. The third kappa shape index (κ3) is 3.72. The highest BCUT2D eigenvalue weighted by Crippen LogP contribution is 2.52. The van der Waals surface area contributed by atoms with Gasteiger partial charge in [0.05, 0.1) is 24.7 Å². The standard InChI is InChI=1S/C42H28N4S/c1-42(2)33-20-9-6-15-26(33)29-23-24-30-27-16-7-10-21-34(27)46(37(30)36(29)42)41-44-39(25-13-4-3-5-14-25)43-40(45-41)32-19-12-18-31-28-17-8-11-22-35(28)47-38(31)32/h3-24H,1-2H3/i1D3,2D3,6D,7D,9D,10D,15D,16D,20D,21D,23D,24D. The van der Waals surface area contributed by atoms with Crippen LogP contribution < -0.4 is 0 Å². The molecule has 5 heteroatoms. The Labute approximate surface area is 298 Å². The molecule has 0 aliphatic heterocycles. The normalized spacial score (nSPS) is 18.9. The molecule has 4 nitrogen and oxygen atoms in total. The molecule has 0 N–H and O–H groups in total. The SMILES string of the molecule is [2H]c1c([2H])c([2H])c2c(c1[2H])-c1c([2H])c([2H])c3c4c([2H])c([2H])c([2H])c([2H])c4n(-c4nc(-c5ccccc5)nc(-c5cccc6c5sc5ccccc56)n4)c3c1C2(C([2H])([2H])[2H])C([2H])([2H])[2H]. The molecule has 10 rings (SSSR count). The molecule has 0 saturated carbocycles. The van der Waals surface area contributed by atoms with Gasteiger partial charge in [-0.05, 0) is 40.4 Å². The molecule has 0 fully saturated rings. The fourth-order valence-electron chi connectivity index (χ4n) is 6.54. The van der Waals surface area contributed by atoms with Crippen molar-refractivity contribution in [2.45, 2.75) is 19.1 Å². The van der Waals surface area contributed by atoms with E-state index >= 15 is 0 Å². The summed E-state index contributed by atoms with van der Waals surface area (Å²) in [5.41, 5.74) is -5.93. The van der Waals surface area contributed by atoms with Gasteiger partial charge in [-0.15, -0.1) is 11.3 Å². The van der Waals surface area contributed by atoms with Gasteiger partial charge in [0, 0.05) is 55.7 Å². The molecule has 3 aromatic heterocycles. The predicted octanol–water partition coefficient (Wildman–Crippen LogP) is 11.0. The van der Waals surface area contributed by atoms with E-state index in [1.807, 2.05) is 36.4 Å². The summed E-state index contributed by atoms with van der Waals surface area (Å²) in [5, 5.41) is 1.06. The lowest BCUT2D eigenvalue weighted by Gasteiger charge is -2.23. The lowest BCUT2D eigenvalue weighted by atomic mass is 9.81. The lowest BCUT2D eigenvalue weighted by molar-refractivity contribution is 0.663. The molecule has 0 unspecified atom stereocenters. The third-order valence-corrected chi connectivity index (χ3v) is 9.81. The summed E-state index contributed by atoms with van der Waals surface area (Å²) in [5.74, 6) is -0.237. The van der Waals surface area contributed by atoms with Gasteiger partial charge in [-0.1, -0.05) is 129 Å². The lowest BCUT2D eigenvalue weighted by Crippen LogP contribution is -2.17. The van der Waals surface area contributed by atoms with E-state index in [2.05, 4.69) is 0 Å². The summed E-state index contributed by atoms with van der Waals surface area (Å²) < 4.78 is 148. The van der Waals surface area contributed by atoms with Crippen molar-refractivity contribution in [2.24, 2.45) is 0 Å². The summed E-state index contributed by atoms with van der Waals surface area (Å²) in [6.07, 6.45) is 0. The zero-order valence-electron chi connectivity index (χ0n) is 40.1. The molecule has 0 bridgehead atoms.